The van der Waals surface area contributed by atoms with Crippen LogP contribution in [0.3, 0.4) is 0 Å². The van der Waals surface area contributed by atoms with E-state index in [9.17, 15) is 4.79 Å². The lowest BCUT2D eigenvalue weighted by atomic mass is 9.83. The summed E-state index contributed by atoms with van der Waals surface area (Å²) in [5, 5.41) is 6.89. The Morgan fingerprint density at radius 3 is 2.95 bits per heavy atom. The Kier molecular flexibility index (Phi) is 4.47. The summed E-state index contributed by atoms with van der Waals surface area (Å²) >= 11 is 3.47. The molecule has 0 bridgehead atoms. The second-order valence-electron chi connectivity index (χ2n) is 5.50. The molecule has 5 heteroatoms. The number of carbonyl (C=O) groups excluding carboxylic acids is 1. The van der Waals surface area contributed by atoms with E-state index in [1.165, 1.54) is 12.8 Å². The Labute approximate surface area is 122 Å². The fraction of sp³-hybridized carbons (Fsp3) is 0.500. The highest BCUT2D eigenvalue weighted by molar-refractivity contribution is 9.10. The predicted molar refractivity (Wildman–Crippen MR) is 81.4 cm³/mol. The SMILES string of the molecule is CC1(CNc2ccc(C(N)=O)cc2Br)CCCNC1. The predicted octanol–water partition coefficient (Wildman–Crippen LogP) is 2.35. The number of halogens is 1. The van der Waals surface area contributed by atoms with Gasteiger partial charge in [0, 0.05) is 28.8 Å². The van der Waals surface area contributed by atoms with Gasteiger partial charge in [0.2, 0.25) is 5.91 Å². The summed E-state index contributed by atoms with van der Waals surface area (Å²) in [7, 11) is 0. The van der Waals surface area contributed by atoms with E-state index in [0.717, 1.165) is 29.8 Å². The number of rotatable bonds is 4. The second kappa shape index (κ2) is 5.92. The molecular weight excluding hydrogens is 306 g/mol. The molecule has 4 N–H and O–H groups in total. The fourth-order valence-corrected chi connectivity index (χ4v) is 2.91. The highest BCUT2D eigenvalue weighted by Gasteiger charge is 2.26. The van der Waals surface area contributed by atoms with Gasteiger partial charge in [-0.25, -0.2) is 0 Å². The minimum Gasteiger partial charge on any atom is -0.384 e. The Balaban J connectivity index is 2.01. The van der Waals surface area contributed by atoms with Crippen LogP contribution >= 0.6 is 15.9 Å². The highest BCUT2D eigenvalue weighted by Crippen LogP contribution is 2.28. The smallest absolute Gasteiger partial charge is 0.248 e. The van der Waals surface area contributed by atoms with Crippen molar-refractivity contribution in [1.82, 2.24) is 5.32 Å². The molecule has 1 unspecified atom stereocenters. The number of anilines is 1. The topological polar surface area (TPSA) is 67.1 Å². The number of hydrogen-bond acceptors (Lipinski definition) is 3. The summed E-state index contributed by atoms with van der Waals surface area (Å²) in [6.07, 6.45) is 2.45. The maximum Gasteiger partial charge on any atom is 0.248 e. The lowest BCUT2D eigenvalue weighted by molar-refractivity contribution is 0.100. The third-order valence-electron chi connectivity index (χ3n) is 3.64. The van der Waals surface area contributed by atoms with Gasteiger partial charge in [0.25, 0.3) is 0 Å². The Bertz CT molecular complexity index is 470. The van der Waals surface area contributed by atoms with Gasteiger partial charge >= 0.3 is 0 Å². The Hall–Kier alpha value is -1.07. The van der Waals surface area contributed by atoms with E-state index in [1.54, 1.807) is 12.1 Å². The van der Waals surface area contributed by atoms with Crippen molar-refractivity contribution in [3.8, 4) is 0 Å². The van der Waals surface area contributed by atoms with Crippen molar-refractivity contribution in [1.29, 1.82) is 0 Å². The van der Waals surface area contributed by atoms with Crippen LogP contribution in [-0.2, 0) is 0 Å². The maximum atomic E-state index is 11.1. The molecule has 0 radical (unpaired) electrons. The van der Waals surface area contributed by atoms with Gasteiger partial charge in [-0.1, -0.05) is 6.92 Å². The molecule has 1 fully saturated rings. The van der Waals surface area contributed by atoms with E-state index in [2.05, 4.69) is 33.5 Å². The lowest BCUT2D eigenvalue weighted by Crippen LogP contribution is -2.42. The summed E-state index contributed by atoms with van der Waals surface area (Å²) in [6.45, 7) is 5.36. The summed E-state index contributed by atoms with van der Waals surface area (Å²) in [5.41, 5.74) is 7.05. The van der Waals surface area contributed by atoms with Crippen molar-refractivity contribution in [2.24, 2.45) is 11.1 Å². The van der Waals surface area contributed by atoms with Crippen LogP contribution < -0.4 is 16.4 Å². The summed E-state index contributed by atoms with van der Waals surface area (Å²) in [4.78, 5) is 11.1. The average molecular weight is 326 g/mol. The van der Waals surface area contributed by atoms with Crippen LogP contribution in [0.1, 0.15) is 30.1 Å². The lowest BCUT2D eigenvalue weighted by Gasteiger charge is -2.34. The second-order valence-corrected chi connectivity index (χ2v) is 6.36. The van der Waals surface area contributed by atoms with E-state index in [-0.39, 0.29) is 5.41 Å². The van der Waals surface area contributed by atoms with Gasteiger partial charge in [-0.15, -0.1) is 0 Å². The van der Waals surface area contributed by atoms with E-state index in [4.69, 9.17) is 5.73 Å². The maximum absolute atomic E-state index is 11.1. The van der Waals surface area contributed by atoms with Gasteiger partial charge in [-0.2, -0.15) is 0 Å². The van der Waals surface area contributed by atoms with Crippen LogP contribution in [-0.4, -0.2) is 25.5 Å². The summed E-state index contributed by atoms with van der Waals surface area (Å²) < 4.78 is 0.871. The van der Waals surface area contributed by atoms with Gasteiger partial charge in [-0.05, 0) is 58.9 Å². The number of nitrogens with one attached hydrogen (secondary N) is 2. The number of amides is 1. The van der Waals surface area contributed by atoms with Crippen molar-refractivity contribution in [3.05, 3.63) is 28.2 Å². The molecule has 4 nitrogen and oxygen atoms in total. The van der Waals surface area contributed by atoms with Crippen LogP contribution in [0.15, 0.2) is 22.7 Å². The molecule has 19 heavy (non-hydrogen) atoms. The van der Waals surface area contributed by atoms with E-state index >= 15 is 0 Å². The Morgan fingerprint density at radius 2 is 2.37 bits per heavy atom. The first kappa shape index (κ1) is 14.3. The first-order chi connectivity index (χ1) is 9.00. The van der Waals surface area contributed by atoms with E-state index < -0.39 is 5.91 Å². The number of carbonyl (C=O) groups is 1. The monoisotopic (exact) mass is 325 g/mol. The minimum atomic E-state index is -0.407. The van der Waals surface area contributed by atoms with E-state index in [0.29, 0.717) is 5.56 Å². The van der Waals surface area contributed by atoms with E-state index in [1.807, 2.05) is 6.07 Å². The molecule has 1 atom stereocenters. The van der Waals surface area contributed by atoms with Gasteiger partial charge in [0.05, 0.1) is 0 Å². The standard InChI is InChI=1S/C14H20BrN3O/c1-14(5-2-6-17-8-14)9-18-12-4-3-10(13(16)19)7-11(12)15/h3-4,7,17-18H,2,5-6,8-9H2,1H3,(H2,16,19). The van der Waals surface area contributed by atoms with Gasteiger partial charge < -0.3 is 16.4 Å². The van der Waals surface area contributed by atoms with Gasteiger partial charge in [-0.3, -0.25) is 4.79 Å². The normalized spacial score (nSPS) is 23.1. The van der Waals surface area contributed by atoms with Crippen LogP contribution in [0.4, 0.5) is 5.69 Å². The highest BCUT2D eigenvalue weighted by atomic mass is 79.9. The zero-order chi connectivity index (χ0) is 13.9. The quantitative estimate of drug-likeness (QED) is 0.796. The van der Waals surface area contributed by atoms with Crippen LogP contribution in [0.25, 0.3) is 0 Å². The molecule has 1 aliphatic rings. The molecule has 1 aromatic carbocycles. The van der Waals surface area contributed by atoms with Gasteiger partial charge in [0.15, 0.2) is 0 Å². The molecule has 0 aromatic heterocycles. The molecule has 104 valence electrons. The molecule has 1 aliphatic heterocycles. The third kappa shape index (κ3) is 3.70. The first-order valence-corrected chi connectivity index (χ1v) is 7.33. The molecule has 0 saturated carbocycles. The van der Waals surface area contributed by atoms with Crippen LogP contribution in [0, 0.1) is 5.41 Å². The number of hydrogen-bond donors (Lipinski definition) is 3. The molecule has 2 rings (SSSR count). The molecule has 1 aromatic rings. The third-order valence-corrected chi connectivity index (χ3v) is 4.30. The van der Waals surface area contributed by atoms with Crippen molar-refractivity contribution >= 4 is 27.5 Å². The van der Waals surface area contributed by atoms with Crippen LogP contribution in [0.5, 0.6) is 0 Å². The average Bonchev–Trinajstić information content (AvgIpc) is 2.38. The minimum absolute atomic E-state index is 0.278. The molecule has 0 aliphatic carbocycles. The first-order valence-electron chi connectivity index (χ1n) is 6.54. The van der Waals surface area contributed by atoms with Crippen LogP contribution in [0.2, 0.25) is 0 Å². The number of primary amides is 1. The number of piperidine rings is 1. The zero-order valence-electron chi connectivity index (χ0n) is 11.1. The molecule has 1 heterocycles. The summed E-state index contributed by atoms with van der Waals surface area (Å²) in [5.74, 6) is -0.407. The number of benzene rings is 1. The van der Waals surface area contributed by atoms with Crippen molar-refractivity contribution in [2.45, 2.75) is 19.8 Å². The largest absolute Gasteiger partial charge is 0.384 e. The van der Waals surface area contributed by atoms with Gasteiger partial charge in [0.1, 0.15) is 0 Å². The molecular formula is C14H20BrN3O. The van der Waals surface area contributed by atoms with Crippen molar-refractivity contribution < 1.29 is 4.79 Å². The van der Waals surface area contributed by atoms with Crippen molar-refractivity contribution in [2.75, 3.05) is 25.0 Å². The molecule has 0 spiro atoms. The molecule has 1 amide bonds. The Morgan fingerprint density at radius 1 is 1.58 bits per heavy atom. The summed E-state index contributed by atoms with van der Waals surface area (Å²) in [6, 6.07) is 5.40. The zero-order valence-corrected chi connectivity index (χ0v) is 12.7. The molecule has 1 saturated heterocycles. The fourth-order valence-electron chi connectivity index (χ4n) is 2.39. The van der Waals surface area contributed by atoms with Crippen molar-refractivity contribution in [3.63, 3.8) is 0 Å². The number of nitrogens with two attached hydrogens (primary N) is 1.